The average Bonchev–Trinajstić information content (AvgIpc) is 2.80. The molecule has 30 heavy (non-hydrogen) atoms. The van der Waals surface area contributed by atoms with Crippen LogP contribution >= 0.6 is 0 Å². The maximum atomic E-state index is 12.8. The number of hydrogen-bond donors (Lipinski definition) is 1. The molecule has 2 fully saturated rings. The molecule has 2 aliphatic rings. The Bertz CT molecular complexity index is 836. The number of anilines is 3. The Kier molecular flexibility index (Phi) is 6.58. The molecule has 0 bridgehead atoms. The first-order chi connectivity index (χ1) is 14.6. The predicted octanol–water partition coefficient (Wildman–Crippen LogP) is 4.13. The molecule has 5 nitrogen and oxygen atoms in total. The second-order valence-electron chi connectivity index (χ2n) is 8.57. The molecule has 2 saturated heterocycles. The molecule has 2 aromatic rings. The number of nitrogens with zero attached hydrogens (tertiary/aromatic N) is 3. The Labute approximate surface area is 180 Å². The molecular formula is C25H34N4O. The molecule has 2 heterocycles. The van der Waals surface area contributed by atoms with Crippen LogP contribution in [0.25, 0.3) is 0 Å². The summed E-state index contributed by atoms with van der Waals surface area (Å²) >= 11 is 0. The molecule has 0 saturated carbocycles. The number of piperidine rings is 1. The molecular weight excluding hydrogens is 372 g/mol. The number of para-hydroxylation sites is 1. The predicted molar refractivity (Wildman–Crippen MR) is 126 cm³/mol. The Morgan fingerprint density at radius 1 is 0.833 bits per heavy atom. The van der Waals surface area contributed by atoms with Crippen LogP contribution in [0.1, 0.15) is 31.7 Å². The van der Waals surface area contributed by atoms with Crippen molar-refractivity contribution in [3.8, 4) is 0 Å². The van der Waals surface area contributed by atoms with E-state index in [1.54, 1.807) is 0 Å². The first-order valence-electron chi connectivity index (χ1n) is 11.3. The summed E-state index contributed by atoms with van der Waals surface area (Å²) < 4.78 is 0. The minimum Gasteiger partial charge on any atom is -0.372 e. The zero-order valence-electron chi connectivity index (χ0n) is 18.3. The van der Waals surface area contributed by atoms with Crippen LogP contribution in [0, 0.1) is 6.92 Å². The summed E-state index contributed by atoms with van der Waals surface area (Å²) in [5, 5.41) is 3.11. The Morgan fingerprint density at radius 2 is 1.50 bits per heavy atom. The van der Waals surface area contributed by atoms with E-state index in [4.69, 9.17) is 0 Å². The van der Waals surface area contributed by atoms with E-state index < -0.39 is 0 Å². The Morgan fingerprint density at radius 3 is 2.17 bits per heavy atom. The van der Waals surface area contributed by atoms with E-state index in [0.29, 0.717) is 0 Å². The van der Waals surface area contributed by atoms with Gasteiger partial charge < -0.3 is 15.1 Å². The molecule has 0 radical (unpaired) electrons. The van der Waals surface area contributed by atoms with Gasteiger partial charge in [-0.05, 0) is 69.0 Å². The lowest BCUT2D eigenvalue weighted by Crippen LogP contribution is -2.53. The lowest BCUT2D eigenvalue weighted by atomic mass is 10.1. The number of nitrogens with one attached hydrogen (secondary N) is 1. The van der Waals surface area contributed by atoms with Crippen molar-refractivity contribution in [2.45, 2.75) is 39.2 Å². The van der Waals surface area contributed by atoms with Gasteiger partial charge in [-0.2, -0.15) is 0 Å². The van der Waals surface area contributed by atoms with Crippen molar-refractivity contribution >= 4 is 23.0 Å². The van der Waals surface area contributed by atoms with Crippen molar-refractivity contribution in [2.75, 3.05) is 54.4 Å². The average molecular weight is 407 g/mol. The van der Waals surface area contributed by atoms with Crippen LogP contribution in [0.3, 0.4) is 0 Å². The highest BCUT2D eigenvalue weighted by Gasteiger charge is 2.26. The van der Waals surface area contributed by atoms with Crippen LogP contribution in [-0.4, -0.2) is 56.1 Å². The highest BCUT2D eigenvalue weighted by Crippen LogP contribution is 2.23. The van der Waals surface area contributed by atoms with E-state index in [2.05, 4.69) is 63.3 Å². The summed E-state index contributed by atoms with van der Waals surface area (Å²) in [6.45, 7) is 10.2. The van der Waals surface area contributed by atoms with E-state index in [0.717, 1.165) is 45.0 Å². The molecule has 5 heteroatoms. The number of carbonyl (C=O) groups is 1. The molecule has 160 valence electrons. The summed E-state index contributed by atoms with van der Waals surface area (Å²) in [6.07, 6.45) is 3.88. The monoisotopic (exact) mass is 406 g/mol. The Balaban J connectivity index is 1.29. The maximum absolute atomic E-state index is 12.8. The smallest absolute Gasteiger partial charge is 0.241 e. The SMILES string of the molecule is Cc1ccccc1N1CCN(C(C)C(=O)Nc2ccc(N3CCCCC3)cc2)CC1. The van der Waals surface area contributed by atoms with E-state index >= 15 is 0 Å². The highest BCUT2D eigenvalue weighted by molar-refractivity contribution is 5.94. The van der Waals surface area contributed by atoms with Crippen molar-refractivity contribution < 1.29 is 4.79 Å². The fourth-order valence-corrected chi connectivity index (χ4v) is 4.59. The highest BCUT2D eigenvalue weighted by atomic mass is 16.2. The van der Waals surface area contributed by atoms with E-state index in [1.165, 1.54) is 36.2 Å². The maximum Gasteiger partial charge on any atom is 0.241 e. The number of amides is 1. The molecule has 2 aliphatic heterocycles. The molecule has 0 aliphatic carbocycles. The minimum atomic E-state index is -0.134. The summed E-state index contributed by atoms with van der Waals surface area (Å²) in [6, 6.07) is 16.7. The zero-order valence-corrected chi connectivity index (χ0v) is 18.3. The number of aryl methyl sites for hydroxylation is 1. The van der Waals surface area contributed by atoms with Gasteiger partial charge in [0.15, 0.2) is 0 Å². The van der Waals surface area contributed by atoms with Gasteiger partial charge in [0.1, 0.15) is 0 Å². The first kappa shape index (κ1) is 20.7. The number of benzene rings is 2. The van der Waals surface area contributed by atoms with E-state index in [-0.39, 0.29) is 11.9 Å². The number of hydrogen-bond acceptors (Lipinski definition) is 4. The third-order valence-electron chi connectivity index (χ3n) is 6.55. The standard InChI is InChI=1S/C25H34N4O/c1-20-8-4-5-9-24(20)29-18-16-27(17-19-29)21(2)25(30)26-22-10-12-23(13-11-22)28-14-6-3-7-15-28/h4-5,8-13,21H,3,6-7,14-19H2,1-2H3,(H,26,30). The molecule has 1 amide bonds. The van der Waals surface area contributed by atoms with Crippen molar-refractivity contribution in [1.29, 1.82) is 0 Å². The van der Waals surface area contributed by atoms with Crippen LogP contribution in [0.15, 0.2) is 48.5 Å². The van der Waals surface area contributed by atoms with Gasteiger partial charge in [-0.3, -0.25) is 9.69 Å². The zero-order chi connectivity index (χ0) is 20.9. The lowest BCUT2D eigenvalue weighted by molar-refractivity contribution is -0.120. The third-order valence-corrected chi connectivity index (χ3v) is 6.55. The molecule has 4 rings (SSSR count). The molecule has 1 atom stereocenters. The van der Waals surface area contributed by atoms with Gasteiger partial charge in [-0.25, -0.2) is 0 Å². The van der Waals surface area contributed by atoms with Gasteiger partial charge in [0, 0.05) is 56.3 Å². The van der Waals surface area contributed by atoms with Crippen molar-refractivity contribution in [2.24, 2.45) is 0 Å². The van der Waals surface area contributed by atoms with Gasteiger partial charge in [0.25, 0.3) is 0 Å². The van der Waals surface area contributed by atoms with Gasteiger partial charge in [-0.15, -0.1) is 0 Å². The molecule has 2 aromatic carbocycles. The van der Waals surface area contributed by atoms with Gasteiger partial charge in [0.05, 0.1) is 6.04 Å². The van der Waals surface area contributed by atoms with E-state index in [9.17, 15) is 4.79 Å². The van der Waals surface area contributed by atoms with Crippen molar-refractivity contribution in [3.63, 3.8) is 0 Å². The number of rotatable bonds is 5. The summed E-state index contributed by atoms with van der Waals surface area (Å²) in [5.74, 6) is 0.0741. The second kappa shape index (κ2) is 9.52. The summed E-state index contributed by atoms with van der Waals surface area (Å²) in [7, 11) is 0. The van der Waals surface area contributed by atoms with Crippen LogP contribution < -0.4 is 15.1 Å². The van der Waals surface area contributed by atoms with Crippen LogP contribution in [-0.2, 0) is 4.79 Å². The Hall–Kier alpha value is -2.53. The minimum absolute atomic E-state index is 0.0741. The largest absolute Gasteiger partial charge is 0.372 e. The van der Waals surface area contributed by atoms with Crippen LogP contribution in [0.4, 0.5) is 17.1 Å². The quantitative estimate of drug-likeness (QED) is 0.810. The number of piperazine rings is 1. The van der Waals surface area contributed by atoms with Crippen molar-refractivity contribution in [1.82, 2.24) is 4.90 Å². The first-order valence-corrected chi connectivity index (χ1v) is 11.3. The summed E-state index contributed by atoms with van der Waals surface area (Å²) in [5.41, 5.74) is 4.76. The molecule has 1 unspecified atom stereocenters. The normalized spacial score (nSPS) is 18.9. The summed E-state index contributed by atoms with van der Waals surface area (Å²) in [4.78, 5) is 20.0. The fraction of sp³-hybridized carbons (Fsp3) is 0.480. The van der Waals surface area contributed by atoms with Gasteiger partial charge in [0.2, 0.25) is 5.91 Å². The van der Waals surface area contributed by atoms with Gasteiger partial charge >= 0.3 is 0 Å². The van der Waals surface area contributed by atoms with Crippen LogP contribution in [0.2, 0.25) is 0 Å². The van der Waals surface area contributed by atoms with Crippen LogP contribution in [0.5, 0.6) is 0 Å². The fourth-order valence-electron chi connectivity index (χ4n) is 4.59. The molecule has 0 aromatic heterocycles. The molecule has 1 N–H and O–H groups in total. The van der Waals surface area contributed by atoms with E-state index in [1.807, 2.05) is 19.1 Å². The third kappa shape index (κ3) is 4.78. The lowest BCUT2D eigenvalue weighted by Gasteiger charge is -2.39. The molecule has 0 spiro atoms. The topological polar surface area (TPSA) is 38.8 Å². The second-order valence-corrected chi connectivity index (χ2v) is 8.57. The van der Waals surface area contributed by atoms with Gasteiger partial charge in [-0.1, -0.05) is 18.2 Å². The number of carbonyl (C=O) groups excluding carboxylic acids is 1. The van der Waals surface area contributed by atoms with Crippen molar-refractivity contribution in [3.05, 3.63) is 54.1 Å².